The van der Waals surface area contributed by atoms with Gasteiger partial charge in [-0.05, 0) is 24.6 Å². The molecular formula is C18H16Cl2N2O5S. The number of ether oxygens (including phenoxy) is 2. The molecule has 1 fully saturated rings. The molecule has 28 heavy (non-hydrogen) atoms. The SMILES string of the molecule is COC(=O)C1=C(N)N2C(=O)[C@H](C)SC2=C(C(=O)OC)[C@H]1c1ccc(Cl)cc1Cl. The van der Waals surface area contributed by atoms with Crippen LogP contribution in [-0.2, 0) is 23.9 Å². The Balaban J connectivity index is 2.36. The molecule has 10 heteroatoms. The fraction of sp³-hybridized carbons (Fsp3) is 0.278. The van der Waals surface area contributed by atoms with Crippen LogP contribution in [0.3, 0.4) is 0 Å². The van der Waals surface area contributed by atoms with Crippen molar-refractivity contribution < 1.29 is 23.9 Å². The first-order valence-corrected chi connectivity index (χ1v) is 9.72. The summed E-state index contributed by atoms with van der Waals surface area (Å²) in [5, 5.41) is 0.427. The van der Waals surface area contributed by atoms with Gasteiger partial charge in [-0.25, -0.2) is 9.59 Å². The predicted molar refractivity (Wildman–Crippen MR) is 105 cm³/mol. The fourth-order valence-corrected chi connectivity index (χ4v) is 4.88. The van der Waals surface area contributed by atoms with E-state index >= 15 is 0 Å². The molecule has 1 aromatic rings. The van der Waals surface area contributed by atoms with Crippen molar-refractivity contribution in [3.63, 3.8) is 0 Å². The molecule has 7 nitrogen and oxygen atoms in total. The summed E-state index contributed by atoms with van der Waals surface area (Å²) < 4.78 is 9.83. The van der Waals surface area contributed by atoms with Gasteiger partial charge in [-0.2, -0.15) is 0 Å². The molecule has 0 spiro atoms. The number of fused-ring (bicyclic) bond motifs is 1. The van der Waals surface area contributed by atoms with Crippen LogP contribution >= 0.6 is 35.0 Å². The standard InChI is InChI=1S/C18H16Cl2N2O5S/c1-7-15(23)22-14(21)12(17(24)26-2)11(9-5-4-8(19)6-10(9)20)13(16(22)28-7)18(25)27-3/h4-7,11H,21H2,1-3H3/t7-,11-/m0/s1. The van der Waals surface area contributed by atoms with Crippen LogP contribution in [-0.4, -0.2) is 42.2 Å². The number of nitrogens with zero attached hydrogens (tertiary/aromatic N) is 1. The van der Waals surface area contributed by atoms with Crippen LogP contribution in [0.1, 0.15) is 18.4 Å². The summed E-state index contributed by atoms with van der Waals surface area (Å²) in [7, 11) is 2.40. The fourth-order valence-electron chi connectivity index (χ4n) is 3.19. The third-order valence-corrected chi connectivity index (χ3v) is 6.21. The van der Waals surface area contributed by atoms with Crippen molar-refractivity contribution in [2.24, 2.45) is 5.73 Å². The monoisotopic (exact) mass is 442 g/mol. The van der Waals surface area contributed by atoms with Crippen LogP contribution in [0.25, 0.3) is 0 Å². The van der Waals surface area contributed by atoms with Gasteiger partial charge in [0, 0.05) is 10.0 Å². The second kappa shape index (κ2) is 7.69. The molecule has 0 saturated carbocycles. The number of halogens is 2. The molecule has 1 amide bonds. The molecule has 1 aromatic carbocycles. The summed E-state index contributed by atoms with van der Waals surface area (Å²) in [6, 6.07) is 4.66. The quantitative estimate of drug-likeness (QED) is 0.718. The van der Waals surface area contributed by atoms with Crippen LogP contribution in [0, 0.1) is 0 Å². The van der Waals surface area contributed by atoms with Crippen molar-refractivity contribution in [3.8, 4) is 0 Å². The lowest BCUT2D eigenvalue weighted by atomic mass is 9.82. The van der Waals surface area contributed by atoms with E-state index in [9.17, 15) is 14.4 Å². The zero-order valence-electron chi connectivity index (χ0n) is 15.1. The highest BCUT2D eigenvalue weighted by Gasteiger charge is 2.49. The van der Waals surface area contributed by atoms with Crippen molar-refractivity contribution in [1.82, 2.24) is 4.90 Å². The van der Waals surface area contributed by atoms with E-state index in [0.717, 1.165) is 16.7 Å². The van der Waals surface area contributed by atoms with E-state index in [-0.39, 0.29) is 27.9 Å². The number of hydrogen-bond acceptors (Lipinski definition) is 7. The van der Waals surface area contributed by atoms with E-state index in [2.05, 4.69) is 0 Å². The van der Waals surface area contributed by atoms with Gasteiger partial charge in [0.05, 0.1) is 41.6 Å². The molecule has 2 aliphatic rings. The maximum atomic E-state index is 12.7. The normalized spacial score (nSPS) is 21.8. The maximum absolute atomic E-state index is 12.7. The molecule has 3 rings (SSSR count). The van der Waals surface area contributed by atoms with E-state index in [1.54, 1.807) is 19.1 Å². The van der Waals surface area contributed by atoms with Crippen LogP contribution in [0.4, 0.5) is 0 Å². The van der Waals surface area contributed by atoms with Gasteiger partial charge in [0.1, 0.15) is 5.82 Å². The molecule has 0 aliphatic carbocycles. The lowest BCUT2D eigenvalue weighted by Gasteiger charge is -2.33. The van der Waals surface area contributed by atoms with Gasteiger partial charge in [0.25, 0.3) is 0 Å². The number of hydrogen-bond donors (Lipinski definition) is 1. The topological polar surface area (TPSA) is 98.9 Å². The molecule has 2 atom stereocenters. The largest absolute Gasteiger partial charge is 0.466 e. The number of nitrogens with two attached hydrogens (primary N) is 1. The van der Waals surface area contributed by atoms with Crippen LogP contribution < -0.4 is 5.73 Å². The average molecular weight is 443 g/mol. The van der Waals surface area contributed by atoms with Gasteiger partial charge in [0.15, 0.2) is 0 Å². The first-order valence-electron chi connectivity index (χ1n) is 8.08. The molecule has 1 saturated heterocycles. The molecule has 2 N–H and O–H groups in total. The van der Waals surface area contributed by atoms with E-state index in [1.807, 2.05) is 0 Å². The molecule has 0 unspecified atom stereocenters. The summed E-state index contributed by atoms with van der Waals surface area (Å²) in [6.45, 7) is 1.68. The number of esters is 2. The van der Waals surface area contributed by atoms with Crippen LogP contribution in [0.15, 0.2) is 40.2 Å². The number of benzene rings is 1. The van der Waals surface area contributed by atoms with E-state index in [1.165, 1.54) is 20.3 Å². The van der Waals surface area contributed by atoms with Gasteiger partial charge >= 0.3 is 11.9 Å². The lowest BCUT2D eigenvalue weighted by Crippen LogP contribution is -2.40. The van der Waals surface area contributed by atoms with Gasteiger partial charge in [0.2, 0.25) is 5.91 Å². The number of rotatable bonds is 3. The average Bonchev–Trinajstić information content (AvgIpc) is 2.95. The molecule has 0 bridgehead atoms. The Morgan fingerprint density at radius 2 is 1.75 bits per heavy atom. The summed E-state index contributed by atoms with van der Waals surface area (Å²) in [5.41, 5.74) is 6.65. The van der Waals surface area contributed by atoms with Crippen molar-refractivity contribution in [1.29, 1.82) is 0 Å². The highest BCUT2D eigenvalue weighted by molar-refractivity contribution is 8.04. The molecule has 2 heterocycles. The minimum Gasteiger partial charge on any atom is -0.466 e. The summed E-state index contributed by atoms with van der Waals surface area (Å²) in [4.78, 5) is 39.1. The Hall–Kier alpha value is -2.16. The van der Waals surface area contributed by atoms with Crippen LogP contribution in [0.5, 0.6) is 0 Å². The van der Waals surface area contributed by atoms with E-state index in [4.69, 9.17) is 38.4 Å². The number of carbonyl (C=O) groups excluding carboxylic acids is 3. The third kappa shape index (κ3) is 3.15. The third-order valence-electron chi connectivity index (χ3n) is 4.47. The summed E-state index contributed by atoms with van der Waals surface area (Å²) in [5.74, 6) is -2.93. The highest BCUT2D eigenvalue weighted by atomic mass is 35.5. The van der Waals surface area contributed by atoms with E-state index < -0.39 is 23.1 Å². The molecular weight excluding hydrogens is 427 g/mol. The van der Waals surface area contributed by atoms with Gasteiger partial charge in [-0.15, -0.1) is 0 Å². The Labute approximate surface area is 175 Å². The number of amides is 1. The molecule has 0 radical (unpaired) electrons. The number of carbonyl (C=O) groups is 3. The van der Waals surface area contributed by atoms with Gasteiger partial charge in [-0.3, -0.25) is 9.69 Å². The Morgan fingerprint density at radius 1 is 1.14 bits per heavy atom. The van der Waals surface area contributed by atoms with Crippen molar-refractivity contribution in [2.45, 2.75) is 18.1 Å². The zero-order valence-corrected chi connectivity index (χ0v) is 17.4. The lowest BCUT2D eigenvalue weighted by molar-refractivity contribution is -0.137. The van der Waals surface area contributed by atoms with Crippen molar-refractivity contribution >= 4 is 52.8 Å². The van der Waals surface area contributed by atoms with E-state index in [0.29, 0.717) is 15.6 Å². The number of methoxy groups -OCH3 is 2. The molecule has 148 valence electrons. The highest BCUT2D eigenvalue weighted by Crippen LogP contribution is 2.50. The van der Waals surface area contributed by atoms with Crippen molar-refractivity contribution in [3.05, 3.63) is 55.8 Å². The Morgan fingerprint density at radius 3 is 2.32 bits per heavy atom. The second-order valence-electron chi connectivity index (χ2n) is 6.03. The van der Waals surface area contributed by atoms with Gasteiger partial charge in [-0.1, -0.05) is 41.0 Å². The zero-order chi connectivity index (χ0) is 20.7. The minimum absolute atomic E-state index is 0.0704. The smallest absolute Gasteiger partial charge is 0.338 e. The maximum Gasteiger partial charge on any atom is 0.338 e. The Kier molecular flexibility index (Phi) is 5.65. The minimum atomic E-state index is -0.985. The van der Waals surface area contributed by atoms with Crippen molar-refractivity contribution in [2.75, 3.05) is 14.2 Å². The summed E-state index contributed by atoms with van der Waals surface area (Å²) in [6.07, 6.45) is 0. The first-order chi connectivity index (χ1) is 13.2. The second-order valence-corrected chi connectivity index (χ2v) is 8.21. The predicted octanol–water partition coefficient (Wildman–Crippen LogP) is 2.78. The molecule has 0 aromatic heterocycles. The molecule has 2 aliphatic heterocycles. The Bertz CT molecular complexity index is 959. The van der Waals surface area contributed by atoms with Crippen LogP contribution in [0.2, 0.25) is 10.0 Å². The number of thioether (sulfide) groups is 1. The first kappa shape index (κ1) is 20.6. The van der Waals surface area contributed by atoms with Gasteiger partial charge < -0.3 is 15.2 Å². The summed E-state index contributed by atoms with van der Waals surface area (Å²) >= 11 is 13.5.